The number of nitrogens with one attached hydrogen (secondary N) is 1. The highest BCUT2D eigenvalue weighted by Crippen LogP contribution is 2.42. The van der Waals surface area contributed by atoms with Crippen molar-refractivity contribution < 1.29 is 0 Å². The van der Waals surface area contributed by atoms with Gasteiger partial charge >= 0.3 is 0 Å². The van der Waals surface area contributed by atoms with Gasteiger partial charge in [0.2, 0.25) is 0 Å². The van der Waals surface area contributed by atoms with E-state index in [2.05, 4.69) is 28.8 Å². The van der Waals surface area contributed by atoms with Crippen LogP contribution in [0.15, 0.2) is 5.38 Å². The highest BCUT2D eigenvalue weighted by molar-refractivity contribution is 7.03. The normalized spacial score (nSPS) is 19.0. The van der Waals surface area contributed by atoms with Crippen LogP contribution in [0.3, 0.4) is 0 Å². The number of hydrogen-bond donors (Lipinski definition) is 1. The third-order valence-corrected chi connectivity index (χ3v) is 4.27. The van der Waals surface area contributed by atoms with Crippen molar-refractivity contribution in [2.75, 3.05) is 6.54 Å². The summed E-state index contributed by atoms with van der Waals surface area (Å²) in [5.74, 6) is 0.802. The Morgan fingerprint density at radius 3 is 2.76 bits per heavy atom. The first kappa shape index (κ1) is 13.0. The van der Waals surface area contributed by atoms with E-state index in [1.54, 1.807) is 0 Å². The number of rotatable bonds is 6. The molecule has 96 valence electrons. The Morgan fingerprint density at radius 1 is 1.41 bits per heavy atom. The average Bonchev–Trinajstić information content (AvgIpc) is 2.89. The molecule has 1 fully saturated rings. The number of nitrogens with zero attached hydrogens (tertiary/aromatic N) is 2. The van der Waals surface area contributed by atoms with Gasteiger partial charge in [-0.25, -0.2) is 0 Å². The van der Waals surface area contributed by atoms with E-state index >= 15 is 0 Å². The zero-order valence-corrected chi connectivity index (χ0v) is 11.7. The summed E-state index contributed by atoms with van der Waals surface area (Å²) in [4.78, 5) is 0. The maximum Gasteiger partial charge on any atom is 0.0893 e. The molecule has 1 aromatic rings. The molecule has 0 radical (unpaired) electrons. The van der Waals surface area contributed by atoms with Gasteiger partial charge in [-0.15, -0.1) is 5.10 Å². The average molecular weight is 253 g/mol. The molecular weight excluding hydrogens is 230 g/mol. The van der Waals surface area contributed by atoms with Crippen molar-refractivity contribution in [2.24, 2.45) is 11.3 Å². The van der Waals surface area contributed by atoms with Crippen LogP contribution in [0.1, 0.15) is 51.6 Å². The Labute approximate surface area is 108 Å². The molecule has 1 aliphatic carbocycles. The van der Waals surface area contributed by atoms with E-state index in [1.807, 2.05) is 5.38 Å². The smallest absolute Gasteiger partial charge is 0.0893 e. The summed E-state index contributed by atoms with van der Waals surface area (Å²) >= 11 is 1.43. The second kappa shape index (κ2) is 5.91. The molecule has 0 amide bonds. The second-order valence-electron chi connectivity index (χ2n) is 5.80. The van der Waals surface area contributed by atoms with Crippen molar-refractivity contribution in [3.8, 4) is 0 Å². The van der Waals surface area contributed by atoms with E-state index in [4.69, 9.17) is 0 Å². The standard InChI is InChI=1S/C13H23N3S/c1-11(2)7-13(5-3-4-6-13)10-14-8-12-9-17-16-15-12/h9,11,14H,3-8,10H2,1-2H3. The lowest BCUT2D eigenvalue weighted by molar-refractivity contribution is 0.223. The van der Waals surface area contributed by atoms with E-state index in [0.29, 0.717) is 5.41 Å². The lowest BCUT2D eigenvalue weighted by Gasteiger charge is -2.31. The van der Waals surface area contributed by atoms with Crippen LogP contribution in [0.4, 0.5) is 0 Å². The molecule has 4 heteroatoms. The molecule has 1 aliphatic rings. The molecular formula is C13H23N3S. The largest absolute Gasteiger partial charge is 0.311 e. The van der Waals surface area contributed by atoms with Crippen LogP contribution in [-0.2, 0) is 6.54 Å². The zero-order chi connectivity index (χ0) is 12.1. The molecule has 0 unspecified atom stereocenters. The molecule has 1 N–H and O–H groups in total. The summed E-state index contributed by atoms with van der Waals surface area (Å²) in [5, 5.41) is 9.67. The van der Waals surface area contributed by atoms with E-state index in [1.165, 1.54) is 43.6 Å². The third kappa shape index (κ3) is 3.75. The quantitative estimate of drug-likeness (QED) is 0.846. The van der Waals surface area contributed by atoms with Crippen LogP contribution in [0, 0.1) is 11.3 Å². The molecule has 1 heterocycles. The van der Waals surface area contributed by atoms with Gasteiger partial charge in [0.25, 0.3) is 0 Å². The van der Waals surface area contributed by atoms with E-state index in [0.717, 1.165) is 24.7 Å². The molecule has 0 atom stereocenters. The fraction of sp³-hybridized carbons (Fsp3) is 0.846. The van der Waals surface area contributed by atoms with Gasteiger partial charge in [0.1, 0.15) is 0 Å². The molecule has 17 heavy (non-hydrogen) atoms. The minimum absolute atomic E-state index is 0.553. The topological polar surface area (TPSA) is 37.8 Å². The molecule has 1 saturated carbocycles. The summed E-state index contributed by atoms with van der Waals surface area (Å²) in [5.41, 5.74) is 1.63. The Hall–Kier alpha value is -0.480. The van der Waals surface area contributed by atoms with Gasteiger partial charge in [0.05, 0.1) is 5.69 Å². The lowest BCUT2D eigenvalue weighted by atomic mass is 9.78. The Balaban J connectivity index is 1.81. The summed E-state index contributed by atoms with van der Waals surface area (Å²) in [7, 11) is 0. The minimum Gasteiger partial charge on any atom is -0.311 e. The lowest BCUT2D eigenvalue weighted by Crippen LogP contribution is -2.33. The predicted molar refractivity (Wildman–Crippen MR) is 72.0 cm³/mol. The van der Waals surface area contributed by atoms with Gasteiger partial charge in [-0.2, -0.15) is 0 Å². The molecule has 3 nitrogen and oxygen atoms in total. The van der Waals surface area contributed by atoms with Crippen LogP contribution >= 0.6 is 11.5 Å². The predicted octanol–water partition coefficient (Wildman–Crippen LogP) is 3.23. The van der Waals surface area contributed by atoms with Crippen molar-refractivity contribution >= 4 is 11.5 Å². The summed E-state index contributed by atoms with van der Waals surface area (Å²) in [6, 6.07) is 0. The van der Waals surface area contributed by atoms with Gasteiger partial charge in [0.15, 0.2) is 0 Å². The number of hydrogen-bond acceptors (Lipinski definition) is 4. The summed E-state index contributed by atoms with van der Waals surface area (Å²) < 4.78 is 3.89. The molecule has 0 aliphatic heterocycles. The fourth-order valence-corrected chi connectivity index (χ4v) is 3.61. The van der Waals surface area contributed by atoms with Crippen molar-refractivity contribution in [1.29, 1.82) is 0 Å². The third-order valence-electron chi connectivity index (χ3n) is 3.72. The SMILES string of the molecule is CC(C)CC1(CNCc2csnn2)CCCC1. The van der Waals surface area contributed by atoms with Gasteiger partial charge < -0.3 is 5.32 Å². The molecule has 2 rings (SSSR count). The van der Waals surface area contributed by atoms with Gasteiger partial charge in [-0.1, -0.05) is 31.2 Å². The van der Waals surface area contributed by atoms with E-state index in [9.17, 15) is 0 Å². The van der Waals surface area contributed by atoms with Gasteiger partial charge in [-0.3, -0.25) is 0 Å². The van der Waals surface area contributed by atoms with Crippen LogP contribution in [0.2, 0.25) is 0 Å². The first-order valence-corrected chi connectivity index (χ1v) is 7.50. The van der Waals surface area contributed by atoms with Crippen LogP contribution in [0.25, 0.3) is 0 Å². The first-order valence-electron chi connectivity index (χ1n) is 6.67. The van der Waals surface area contributed by atoms with Gasteiger partial charge in [0, 0.05) is 18.5 Å². The molecule has 0 bridgehead atoms. The molecule has 0 aromatic carbocycles. The molecule has 1 aromatic heterocycles. The Bertz CT molecular complexity index is 315. The maximum absolute atomic E-state index is 4.07. The highest BCUT2D eigenvalue weighted by atomic mass is 32.1. The van der Waals surface area contributed by atoms with Crippen molar-refractivity contribution in [3.05, 3.63) is 11.1 Å². The highest BCUT2D eigenvalue weighted by Gasteiger charge is 2.33. The van der Waals surface area contributed by atoms with Crippen LogP contribution < -0.4 is 5.32 Å². The van der Waals surface area contributed by atoms with Crippen molar-refractivity contribution in [3.63, 3.8) is 0 Å². The maximum atomic E-state index is 4.07. The second-order valence-corrected chi connectivity index (χ2v) is 6.41. The van der Waals surface area contributed by atoms with Crippen molar-refractivity contribution in [2.45, 2.75) is 52.5 Å². The summed E-state index contributed by atoms with van der Waals surface area (Å²) in [6.07, 6.45) is 6.97. The van der Waals surface area contributed by atoms with Crippen LogP contribution in [-0.4, -0.2) is 16.1 Å². The van der Waals surface area contributed by atoms with E-state index < -0.39 is 0 Å². The first-order chi connectivity index (χ1) is 8.20. The number of aromatic nitrogens is 2. The Morgan fingerprint density at radius 2 is 2.18 bits per heavy atom. The zero-order valence-electron chi connectivity index (χ0n) is 10.9. The van der Waals surface area contributed by atoms with E-state index in [-0.39, 0.29) is 0 Å². The van der Waals surface area contributed by atoms with Crippen molar-refractivity contribution in [1.82, 2.24) is 14.9 Å². The monoisotopic (exact) mass is 253 g/mol. The van der Waals surface area contributed by atoms with Crippen LogP contribution in [0.5, 0.6) is 0 Å². The fourth-order valence-electron chi connectivity index (χ4n) is 3.16. The molecule has 0 spiro atoms. The summed E-state index contributed by atoms with van der Waals surface area (Å²) in [6.45, 7) is 6.69. The Kier molecular flexibility index (Phi) is 4.51. The minimum atomic E-state index is 0.553. The van der Waals surface area contributed by atoms with Gasteiger partial charge in [-0.05, 0) is 42.1 Å². The molecule has 0 saturated heterocycles.